The van der Waals surface area contributed by atoms with Crippen molar-refractivity contribution in [2.45, 2.75) is 13.0 Å². The van der Waals surface area contributed by atoms with E-state index < -0.39 is 0 Å². The van der Waals surface area contributed by atoms with Gasteiger partial charge in [0.15, 0.2) is 0 Å². The number of halogens is 1. The van der Waals surface area contributed by atoms with E-state index in [4.69, 9.17) is 0 Å². The molecule has 1 N–H and O–H groups in total. The van der Waals surface area contributed by atoms with Gasteiger partial charge in [-0.15, -0.1) is 0 Å². The van der Waals surface area contributed by atoms with Crippen LogP contribution in [0.5, 0.6) is 0 Å². The van der Waals surface area contributed by atoms with Crippen LogP contribution in [0.15, 0.2) is 60.8 Å². The Balaban J connectivity index is 1.68. The smallest absolute Gasteiger partial charge is 0.238 e. The van der Waals surface area contributed by atoms with E-state index in [9.17, 15) is 9.18 Å². The van der Waals surface area contributed by atoms with E-state index >= 15 is 0 Å². The molecule has 4 nitrogen and oxygen atoms in total. The number of likely N-dealkylation sites (N-methyl/N-ethyl adjacent to an activating group) is 1. The predicted octanol–water partition coefficient (Wildman–Crippen LogP) is 4.01. The molecule has 128 valence electrons. The Morgan fingerprint density at radius 1 is 1.16 bits per heavy atom. The highest BCUT2D eigenvalue weighted by Crippen LogP contribution is 2.22. The molecule has 1 unspecified atom stereocenters. The molecule has 3 aromatic rings. The molecule has 2 aromatic carbocycles. The van der Waals surface area contributed by atoms with Crippen molar-refractivity contribution in [2.24, 2.45) is 0 Å². The average Bonchev–Trinajstić information content (AvgIpc) is 2.62. The first-order valence-corrected chi connectivity index (χ1v) is 8.14. The van der Waals surface area contributed by atoms with Crippen molar-refractivity contribution < 1.29 is 9.18 Å². The van der Waals surface area contributed by atoms with Gasteiger partial charge >= 0.3 is 0 Å². The lowest BCUT2D eigenvalue weighted by molar-refractivity contribution is -0.117. The summed E-state index contributed by atoms with van der Waals surface area (Å²) in [6.45, 7) is 2.22. The van der Waals surface area contributed by atoms with E-state index in [0.717, 1.165) is 22.2 Å². The summed E-state index contributed by atoms with van der Waals surface area (Å²) in [5.41, 5.74) is 2.55. The second kappa shape index (κ2) is 7.40. The molecule has 0 aliphatic carbocycles. The maximum Gasteiger partial charge on any atom is 0.238 e. The van der Waals surface area contributed by atoms with Gasteiger partial charge in [0, 0.05) is 17.6 Å². The van der Waals surface area contributed by atoms with E-state index in [1.807, 2.05) is 49.2 Å². The van der Waals surface area contributed by atoms with Crippen molar-refractivity contribution >= 4 is 22.5 Å². The highest BCUT2D eigenvalue weighted by atomic mass is 19.1. The van der Waals surface area contributed by atoms with Crippen LogP contribution in [0.4, 0.5) is 10.1 Å². The van der Waals surface area contributed by atoms with Crippen molar-refractivity contribution in [3.63, 3.8) is 0 Å². The van der Waals surface area contributed by atoms with Gasteiger partial charge in [-0.3, -0.25) is 14.7 Å². The third-order valence-corrected chi connectivity index (χ3v) is 4.33. The lowest BCUT2D eigenvalue weighted by Gasteiger charge is -2.24. The highest BCUT2D eigenvalue weighted by molar-refractivity contribution is 6.01. The average molecular weight is 337 g/mol. The molecular weight excluding hydrogens is 317 g/mol. The van der Waals surface area contributed by atoms with Gasteiger partial charge in [-0.25, -0.2) is 4.39 Å². The summed E-state index contributed by atoms with van der Waals surface area (Å²) in [4.78, 5) is 18.6. The molecular formula is C20H20FN3O. The summed E-state index contributed by atoms with van der Waals surface area (Å²) in [5, 5.41) is 3.86. The monoisotopic (exact) mass is 337 g/mol. The minimum atomic E-state index is -0.263. The number of carbonyl (C=O) groups excluding carboxylic acids is 1. The zero-order valence-electron chi connectivity index (χ0n) is 14.2. The van der Waals surface area contributed by atoms with Gasteiger partial charge in [-0.2, -0.15) is 0 Å². The van der Waals surface area contributed by atoms with Crippen molar-refractivity contribution in [2.75, 3.05) is 18.9 Å². The molecule has 5 heteroatoms. The minimum Gasteiger partial charge on any atom is -0.324 e. The molecule has 0 radical (unpaired) electrons. The van der Waals surface area contributed by atoms with E-state index in [2.05, 4.69) is 10.3 Å². The van der Waals surface area contributed by atoms with E-state index in [1.54, 1.807) is 18.3 Å². The number of rotatable bonds is 5. The van der Waals surface area contributed by atoms with Crippen LogP contribution in [-0.2, 0) is 4.79 Å². The summed E-state index contributed by atoms with van der Waals surface area (Å²) >= 11 is 0. The van der Waals surface area contributed by atoms with Crippen LogP contribution >= 0.6 is 0 Å². The summed E-state index contributed by atoms with van der Waals surface area (Å²) in [6, 6.07) is 15.8. The molecule has 0 spiro atoms. The van der Waals surface area contributed by atoms with E-state index in [0.29, 0.717) is 0 Å². The number of carbonyl (C=O) groups is 1. The summed E-state index contributed by atoms with van der Waals surface area (Å²) in [5.74, 6) is -0.367. The second-order valence-electron chi connectivity index (χ2n) is 6.07. The van der Waals surface area contributed by atoms with Crippen molar-refractivity contribution in [1.82, 2.24) is 9.88 Å². The number of hydrogen-bond donors (Lipinski definition) is 1. The van der Waals surface area contributed by atoms with Gasteiger partial charge in [0.25, 0.3) is 0 Å². The summed E-state index contributed by atoms with van der Waals surface area (Å²) in [7, 11) is 1.87. The Kier molecular flexibility index (Phi) is 5.05. The van der Waals surface area contributed by atoms with E-state index in [1.165, 1.54) is 12.1 Å². The first-order valence-electron chi connectivity index (χ1n) is 8.14. The third kappa shape index (κ3) is 4.00. The van der Waals surface area contributed by atoms with Crippen molar-refractivity contribution in [1.29, 1.82) is 0 Å². The Labute approximate surface area is 146 Å². The second-order valence-corrected chi connectivity index (χ2v) is 6.07. The zero-order chi connectivity index (χ0) is 17.8. The quantitative estimate of drug-likeness (QED) is 0.765. The van der Waals surface area contributed by atoms with Crippen molar-refractivity contribution in [3.8, 4) is 0 Å². The maximum atomic E-state index is 13.0. The van der Waals surface area contributed by atoms with Crippen LogP contribution in [0.3, 0.4) is 0 Å². The number of aromatic nitrogens is 1. The number of anilines is 1. The molecule has 0 bridgehead atoms. The first kappa shape index (κ1) is 17.0. The summed E-state index contributed by atoms with van der Waals surface area (Å²) in [6.07, 6.45) is 1.73. The number of pyridine rings is 1. The van der Waals surface area contributed by atoms with Gasteiger partial charge in [0.2, 0.25) is 5.91 Å². The minimum absolute atomic E-state index is 0.000495. The Morgan fingerprint density at radius 2 is 1.92 bits per heavy atom. The largest absolute Gasteiger partial charge is 0.324 e. The van der Waals surface area contributed by atoms with E-state index in [-0.39, 0.29) is 24.3 Å². The topological polar surface area (TPSA) is 45.2 Å². The lowest BCUT2D eigenvalue weighted by Crippen LogP contribution is -2.32. The van der Waals surface area contributed by atoms with Crippen LogP contribution < -0.4 is 5.32 Å². The number of amides is 1. The Hall–Kier alpha value is -2.79. The molecule has 0 aliphatic heterocycles. The van der Waals surface area contributed by atoms with Crippen LogP contribution in [0.25, 0.3) is 10.9 Å². The molecule has 25 heavy (non-hydrogen) atoms. The fourth-order valence-electron chi connectivity index (χ4n) is 2.76. The van der Waals surface area contributed by atoms with Gasteiger partial charge in [0.05, 0.1) is 17.7 Å². The normalized spacial score (nSPS) is 12.3. The molecule has 0 aliphatic rings. The number of nitrogens with one attached hydrogen (secondary N) is 1. The van der Waals surface area contributed by atoms with Crippen molar-refractivity contribution in [3.05, 3.63) is 72.2 Å². The molecule has 0 fully saturated rings. The Morgan fingerprint density at radius 3 is 2.68 bits per heavy atom. The molecule has 0 saturated heterocycles. The molecule has 0 saturated carbocycles. The molecule has 1 heterocycles. The number of fused-ring (bicyclic) bond motifs is 1. The predicted molar refractivity (Wildman–Crippen MR) is 97.8 cm³/mol. The zero-order valence-corrected chi connectivity index (χ0v) is 14.2. The van der Waals surface area contributed by atoms with Crippen LogP contribution in [0.1, 0.15) is 18.5 Å². The van der Waals surface area contributed by atoms with Gasteiger partial charge in [-0.1, -0.05) is 18.2 Å². The van der Waals surface area contributed by atoms with Crippen LogP contribution in [0.2, 0.25) is 0 Å². The molecule has 1 amide bonds. The number of benzene rings is 2. The number of nitrogens with zero attached hydrogens (tertiary/aromatic N) is 2. The van der Waals surface area contributed by atoms with Gasteiger partial charge < -0.3 is 5.32 Å². The Bertz CT molecular complexity index is 874. The van der Waals surface area contributed by atoms with Gasteiger partial charge in [-0.05, 0) is 55.9 Å². The number of hydrogen-bond acceptors (Lipinski definition) is 3. The molecule has 3 rings (SSSR count). The molecule has 1 aromatic heterocycles. The standard InChI is InChI=1S/C20H20FN3O/c1-14(15-8-10-16(21)11-9-15)24(2)13-20(25)23-19-7-3-6-18-17(19)5-4-12-22-18/h3-12,14H,13H2,1-2H3,(H,23,25). The fourth-order valence-corrected chi connectivity index (χ4v) is 2.76. The summed E-state index contributed by atoms with van der Waals surface area (Å²) < 4.78 is 13.0. The SMILES string of the molecule is CC(c1ccc(F)cc1)N(C)CC(=O)Nc1cccc2ncccc12. The maximum absolute atomic E-state index is 13.0. The van der Waals surface area contributed by atoms with Crippen LogP contribution in [0, 0.1) is 5.82 Å². The highest BCUT2D eigenvalue weighted by Gasteiger charge is 2.15. The fraction of sp³-hybridized carbons (Fsp3) is 0.200. The molecule has 1 atom stereocenters. The first-order chi connectivity index (χ1) is 12.0. The van der Waals surface area contributed by atoms with Crippen LogP contribution in [-0.4, -0.2) is 29.4 Å². The van der Waals surface area contributed by atoms with Gasteiger partial charge in [0.1, 0.15) is 5.82 Å². The lowest BCUT2D eigenvalue weighted by atomic mass is 10.1. The third-order valence-electron chi connectivity index (χ3n) is 4.33.